The highest BCUT2D eigenvalue weighted by Crippen LogP contribution is 2.41. The molecule has 7 heteroatoms. The molecule has 0 saturated carbocycles. The molecule has 1 aliphatic rings. The first kappa shape index (κ1) is 26.3. The maximum absolute atomic E-state index is 10.2. The van der Waals surface area contributed by atoms with E-state index in [9.17, 15) is 5.11 Å². The van der Waals surface area contributed by atoms with Gasteiger partial charge in [0.2, 0.25) is 0 Å². The van der Waals surface area contributed by atoms with Crippen LogP contribution in [0.3, 0.4) is 0 Å². The molecule has 0 amide bonds. The number of hydrogen-bond donors (Lipinski definition) is 1. The summed E-state index contributed by atoms with van der Waals surface area (Å²) in [6.45, 7) is 11.5. The first-order chi connectivity index (χ1) is 15.6. The summed E-state index contributed by atoms with van der Waals surface area (Å²) in [7, 11) is -0.406. The van der Waals surface area contributed by atoms with Gasteiger partial charge in [0, 0.05) is 11.3 Å². The molecule has 182 valence electrons. The predicted octanol–water partition coefficient (Wildman–Crippen LogP) is 5.87. The molecule has 3 rings (SSSR count). The Hall–Kier alpha value is -1.35. The van der Waals surface area contributed by atoms with Crippen molar-refractivity contribution >= 4 is 20.1 Å². The van der Waals surface area contributed by atoms with E-state index in [1.165, 1.54) is 0 Å². The SMILES string of the molecule is COc1ccc(CO[C@@H]2[C@@H](CO)O[C@@H](Sc3ccccc3)C[C@H]2O[Si](C)(C)C(C)(C)C)cc1. The van der Waals surface area contributed by atoms with Crippen LogP contribution in [0.1, 0.15) is 32.8 Å². The van der Waals surface area contributed by atoms with Crippen molar-refractivity contribution in [2.24, 2.45) is 0 Å². The Labute approximate surface area is 203 Å². The van der Waals surface area contributed by atoms with Crippen molar-refractivity contribution < 1.29 is 23.7 Å². The van der Waals surface area contributed by atoms with Gasteiger partial charge in [-0.3, -0.25) is 0 Å². The molecule has 0 aliphatic carbocycles. The quantitative estimate of drug-likeness (QED) is 0.444. The summed E-state index contributed by atoms with van der Waals surface area (Å²) in [6.07, 6.45) is -0.251. The van der Waals surface area contributed by atoms with Gasteiger partial charge in [-0.05, 0) is 48.0 Å². The Morgan fingerprint density at radius 3 is 2.30 bits per heavy atom. The van der Waals surface area contributed by atoms with E-state index in [2.05, 4.69) is 46.0 Å². The molecule has 1 fully saturated rings. The summed E-state index contributed by atoms with van der Waals surface area (Å²) in [5, 5.41) is 10.3. The van der Waals surface area contributed by atoms with Crippen LogP contribution in [0.15, 0.2) is 59.5 Å². The van der Waals surface area contributed by atoms with Crippen LogP contribution < -0.4 is 4.74 Å². The van der Waals surface area contributed by atoms with Crippen molar-refractivity contribution in [2.75, 3.05) is 13.7 Å². The van der Waals surface area contributed by atoms with E-state index < -0.39 is 14.4 Å². The summed E-state index contributed by atoms with van der Waals surface area (Å²) in [4.78, 5) is 1.14. The van der Waals surface area contributed by atoms with Crippen molar-refractivity contribution in [2.45, 2.75) is 80.6 Å². The highest BCUT2D eigenvalue weighted by Gasteiger charge is 2.46. The van der Waals surface area contributed by atoms with Crippen LogP contribution in [-0.2, 0) is 20.5 Å². The average Bonchev–Trinajstić information content (AvgIpc) is 2.78. The molecule has 0 aromatic heterocycles. The normalized spacial score (nSPS) is 24.0. The van der Waals surface area contributed by atoms with Crippen LogP contribution in [-0.4, -0.2) is 50.9 Å². The lowest BCUT2D eigenvalue weighted by Crippen LogP contribution is -2.56. The summed E-state index contributed by atoms with van der Waals surface area (Å²) in [5.41, 5.74) is 0.930. The minimum atomic E-state index is -2.06. The third-order valence-electron chi connectivity index (χ3n) is 6.53. The van der Waals surface area contributed by atoms with E-state index in [0.717, 1.165) is 16.2 Å². The highest BCUT2D eigenvalue weighted by molar-refractivity contribution is 7.99. The minimum Gasteiger partial charge on any atom is -0.497 e. The van der Waals surface area contributed by atoms with Crippen molar-refractivity contribution in [3.05, 3.63) is 60.2 Å². The second-order valence-corrected chi connectivity index (χ2v) is 16.0. The first-order valence-electron chi connectivity index (χ1n) is 11.5. The summed E-state index contributed by atoms with van der Waals surface area (Å²) < 4.78 is 24.8. The monoisotopic (exact) mass is 490 g/mol. The molecule has 0 spiro atoms. The lowest BCUT2D eigenvalue weighted by atomic mass is 10.0. The van der Waals surface area contributed by atoms with Gasteiger partial charge in [0.25, 0.3) is 0 Å². The van der Waals surface area contributed by atoms with Crippen molar-refractivity contribution in [1.82, 2.24) is 0 Å². The molecule has 1 saturated heterocycles. The molecule has 1 heterocycles. The van der Waals surface area contributed by atoms with Gasteiger partial charge < -0.3 is 23.7 Å². The molecule has 0 bridgehead atoms. The number of rotatable bonds is 9. The Morgan fingerprint density at radius 2 is 1.73 bits per heavy atom. The molecule has 0 unspecified atom stereocenters. The van der Waals surface area contributed by atoms with E-state index in [4.69, 9.17) is 18.6 Å². The van der Waals surface area contributed by atoms with Crippen LogP contribution in [0.5, 0.6) is 5.75 Å². The fourth-order valence-corrected chi connectivity index (χ4v) is 6.01. The van der Waals surface area contributed by atoms with Crippen molar-refractivity contribution in [3.63, 3.8) is 0 Å². The lowest BCUT2D eigenvalue weighted by Gasteiger charge is -2.46. The lowest BCUT2D eigenvalue weighted by molar-refractivity contribution is -0.179. The molecular formula is C26H38O5SSi. The van der Waals surface area contributed by atoms with Gasteiger partial charge in [0.05, 0.1) is 26.4 Å². The number of thioether (sulfide) groups is 1. The predicted molar refractivity (Wildman–Crippen MR) is 136 cm³/mol. The largest absolute Gasteiger partial charge is 0.497 e. The smallest absolute Gasteiger partial charge is 0.192 e. The summed E-state index contributed by atoms with van der Waals surface area (Å²) in [5.74, 6) is 0.813. The van der Waals surface area contributed by atoms with Gasteiger partial charge in [0.15, 0.2) is 8.32 Å². The number of methoxy groups -OCH3 is 1. The third-order valence-corrected chi connectivity index (χ3v) is 12.1. The Balaban J connectivity index is 1.79. The van der Waals surface area contributed by atoms with Gasteiger partial charge in [-0.25, -0.2) is 0 Å². The van der Waals surface area contributed by atoms with Gasteiger partial charge in [0.1, 0.15) is 23.4 Å². The second kappa shape index (κ2) is 11.4. The molecule has 4 atom stereocenters. The first-order valence-corrected chi connectivity index (χ1v) is 15.3. The highest BCUT2D eigenvalue weighted by atomic mass is 32.2. The van der Waals surface area contributed by atoms with E-state index >= 15 is 0 Å². The van der Waals surface area contributed by atoms with Gasteiger partial charge in [-0.15, -0.1) is 0 Å². The standard InChI is InChI=1S/C26H38O5SSi/c1-26(2,3)33(5,6)31-22-16-24(32-21-10-8-7-9-11-21)30-23(17-27)25(22)29-18-19-12-14-20(28-4)15-13-19/h7-15,22-25,27H,16-18H2,1-6H3/t22-,23-,24+,25+/m1/s1. The number of benzene rings is 2. The summed E-state index contributed by atoms with van der Waals surface area (Å²) >= 11 is 1.67. The third kappa shape index (κ3) is 7.07. The molecular weight excluding hydrogens is 452 g/mol. The zero-order valence-corrected chi connectivity index (χ0v) is 22.4. The van der Waals surface area contributed by atoms with Crippen LogP contribution in [0.4, 0.5) is 0 Å². The van der Waals surface area contributed by atoms with E-state index in [-0.39, 0.29) is 29.3 Å². The van der Waals surface area contributed by atoms with Crippen LogP contribution >= 0.6 is 11.8 Å². The fourth-order valence-electron chi connectivity index (χ4n) is 3.56. The van der Waals surface area contributed by atoms with Crippen molar-refractivity contribution in [3.8, 4) is 5.75 Å². The number of ether oxygens (including phenoxy) is 3. The molecule has 5 nitrogen and oxygen atoms in total. The average molecular weight is 491 g/mol. The van der Waals surface area contributed by atoms with E-state index in [1.807, 2.05) is 42.5 Å². The van der Waals surface area contributed by atoms with E-state index in [0.29, 0.717) is 13.0 Å². The molecule has 2 aromatic carbocycles. The second-order valence-electron chi connectivity index (χ2n) is 9.99. The Morgan fingerprint density at radius 1 is 1.06 bits per heavy atom. The molecule has 1 N–H and O–H groups in total. The van der Waals surface area contributed by atoms with Crippen LogP contribution in [0.2, 0.25) is 18.1 Å². The zero-order chi connectivity index (χ0) is 24.1. The number of hydrogen-bond acceptors (Lipinski definition) is 6. The number of aliphatic hydroxyl groups excluding tert-OH is 1. The Bertz CT molecular complexity index is 853. The minimum absolute atomic E-state index is 0.0720. The fraction of sp³-hybridized carbons (Fsp3) is 0.538. The Kier molecular flexibility index (Phi) is 9.06. The maximum atomic E-state index is 10.2. The van der Waals surface area contributed by atoms with Gasteiger partial charge >= 0.3 is 0 Å². The molecule has 1 aliphatic heterocycles. The van der Waals surface area contributed by atoms with Gasteiger partial charge in [-0.1, -0.05) is 62.9 Å². The maximum Gasteiger partial charge on any atom is 0.192 e. The molecule has 2 aromatic rings. The van der Waals surface area contributed by atoms with Crippen LogP contribution in [0.25, 0.3) is 0 Å². The number of aliphatic hydroxyl groups is 1. The topological polar surface area (TPSA) is 57.2 Å². The van der Waals surface area contributed by atoms with E-state index in [1.54, 1.807) is 18.9 Å². The van der Waals surface area contributed by atoms with Gasteiger partial charge in [-0.2, -0.15) is 0 Å². The summed E-state index contributed by atoms with van der Waals surface area (Å²) in [6, 6.07) is 18.1. The molecule has 33 heavy (non-hydrogen) atoms. The van der Waals surface area contributed by atoms with Crippen molar-refractivity contribution in [1.29, 1.82) is 0 Å². The van der Waals surface area contributed by atoms with Crippen LogP contribution in [0, 0.1) is 0 Å². The zero-order valence-electron chi connectivity index (χ0n) is 20.6. The molecule has 0 radical (unpaired) electrons.